The third kappa shape index (κ3) is 4.59. The van der Waals surface area contributed by atoms with Crippen LogP contribution in [0.1, 0.15) is 18.9 Å². The van der Waals surface area contributed by atoms with Gasteiger partial charge in [-0.15, -0.1) is 0 Å². The molecule has 0 saturated carbocycles. The van der Waals surface area contributed by atoms with Crippen LogP contribution < -0.4 is 14.9 Å². The van der Waals surface area contributed by atoms with Crippen molar-refractivity contribution >= 4 is 55.2 Å². The van der Waals surface area contributed by atoms with E-state index in [1.54, 1.807) is 30.3 Å². The zero-order chi connectivity index (χ0) is 24.6. The number of fused-ring (bicyclic) bond motifs is 2. The van der Waals surface area contributed by atoms with Crippen molar-refractivity contribution in [2.45, 2.75) is 30.7 Å². The first kappa shape index (κ1) is 23.3. The van der Waals surface area contributed by atoms with Crippen LogP contribution >= 0.6 is 12.2 Å². The monoisotopic (exact) mass is 505 g/mol. The van der Waals surface area contributed by atoms with E-state index in [9.17, 15) is 12.8 Å². The summed E-state index contributed by atoms with van der Waals surface area (Å²) in [5.74, 6) is -0.362. The molecule has 5 rings (SSSR count). The Morgan fingerprint density at radius 2 is 1.71 bits per heavy atom. The lowest BCUT2D eigenvalue weighted by molar-refractivity contribution is 0.560. The van der Waals surface area contributed by atoms with Crippen molar-refractivity contribution in [1.82, 2.24) is 0 Å². The molecule has 8 heteroatoms. The Hall–Kier alpha value is -3.49. The number of thiocarbonyl (C=S) groups is 1. The highest BCUT2D eigenvalue weighted by molar-refractivity contribution is 7.92. The number of sulfonamides is 1. The molecule has 0 amide bonds. The molecule has 4 aromatic carbocycles. The number of hydrogen-bond donors (Lipinski definition) is 2. The maximum absolute atomic E-state index is 13.7. The summed E-state index contributed by atoms with van der Waals surface area (Å²) in [6.45, 7) is 1.87. The van der Waals surface area contributed by atoms with Gasteiger partial charge in [0.1, 0.15) is 5.82 Å². The highest BCUT2D eigenvalue weighted by atomic mass is 32.2. The van der Waals surface area contributed by atoms with E-state index < -0.39 is 10.0 Å². The topological polar surface area (TPSA) is 61.4 Å². The molecule has 1 aliphatic rings. The van der Waals surface area contributed by atoms with Crippen LogP contribution in [0.3, 0.4) is 0 Å². The first-order chi connectivity index (χ1) is 16.8. The molecule has 0 saturated heterocycles. The van der Waals surface area contributed by atoms with E-state index in [0.29, 0.717) is 34.9 Å². The van der Waals surface area contributed by atoms with Crippen LogP contribution in [0.25, 0.3) is 10.8 Å². The van der Waals surface area contributed by atoms with Crippen LogP contribution in [-0.2, 0) is 16.4 Å². The lowest BCUT2D eigenvalue weighted by atomic mass is 9.99. The van der Waals surface area contributed by atoms with Crippen LogP contribution in [0.15, 0.2) is 89.8 Å². The zero-order valence-electron chi connectivity index (χ0n) is 19.0. The highest BCUT2D eigenvalue weighted by Gasteiger charge is 2.34. The maximum Gasteiger partial charge on any atom is 0.264 e. The van der Waals surface area contributed by atoms with Crippen molar-refractivity contribution in [2.24, 2.45) is 0 Å². The number of benzene rings is 4. The van der Waals surface area contributed by atoms with Crippen LogP contribution in [0.4, 0.5) is 21.5 Å². The number of nitrogens with zero attached hydrogens (tertiary/aromatic N) is 1. The molecule has 0 bridgehead atoms. The minimum Gasteiger partial charge on any atom is -0.332 e. The van der Waals surface area contributed by atoms with E-state index in [1.165, 1.54) is 16.4 Å². The third-order valence-electron chi connectivity index (χ3n) is 6.22. The van der Waals surface area contributed by atoms with E-state index in [1.807, 2.05) is 49.4 Å². The second-order valence-corrected chi connectivity index (χ2v) is 10.8. The molecule has 1 atom stereocenters. The number of rotatable bonds is 4. The summed E-state index contributed by atoms with van der Waals surface area (Å²) in [7, 11) is -3.82. The van der Waals surface area contributed by atoms with Crippen molar-refractivity contribution in [2.75, 3.05) is 14.9 Å². The molecule has 0 radical (unpaired) electrons. The van der Waals surface area contributed by atoms with Crippen molar-refractivity contribution < 1.29 is 12.8 Å². The van der Waals surface area contributed by atoms with Gasteiger partial charge in [0.25, 0.3) is 10.0 Å². The number of hydrogen-bond acceptors (Lipinski definition) is 3. The molecular weight excluding hydrogens is 481 g/mol. The summed E-state index contributed by atoms with van der Waals surface area (Å²) in [5, 5.41) is 8.88. The fourth-order valence-electron chi connectivity index (χ4n) is 4.50. The predicted octanol–water partition coefficient (Wildman–Crippen LogP) is 6.32. The summed E-state index contributed by atoms with van der Waals surface area (Å²) in [5.41, 5.74) is 2.78. The summed E-state index contributed by atoms with van der Waals surface area (Å²) < 4.78 is 42.2. The lowest BCUT2D eigenvalue weighted by Gasteiger charge is -2.36. The number of anilines is 3. The molecule has 2 N–H and O–H groups in total. The third-order valence-corrected chi connectivity index (χ3v) is 8.36. The predicted molar refractivity (Wildman–Crippen MR) is 144 cm³/mol. The van der Waals surface area contributed by atoms with Crippen molar-refractivity contribution in [1.29, 1.82) is 0 Å². The zero-order valence-corrected chi connectivity index (χ0v) is 20.7. The van der Waals surface area contributed by atoms with E-state index in [2.05, 4.69) is 10.6 Å². The van der Waals surface area contributed by atoms with Gasteiger partial charge in [-0.2, -0.15) is 0 Å². The molecule has 35 heavy (non-hydrogen) atoms. The van der Waals surface area contributed by atoms with Crippen molar-refractivity contribution in [3.05, 3.63) is 96.3 Å². The fraction of sp³-hybridized carbons (Fsp3) is 0.148. The number of halogens is 1. The Morgan fingerprint density at radius 1 is 0.971 bits per heavy atom. The van der Waals surface area contributed by atoms with Gasteiger partial charge >= 0.3 is 0 Å². The summed E-state index contributed by atoms with van der Waals surface area (Å²) in [4.78, 5) is 0.167. The molecule has 178 valence electrons. The van der Waals surface area contributed by atoms with Crippen LogP contribution in [0.2, 0.25) is 0 Å². The second kappa shape index (κ2) is 9.28. The molecule has 0 fully saturated rings. The average molecular weight is 506 g/mol. The van der Waals surface area contributed by atoms with Gasteiger partial charge in [-0.3, -0.25) is 4.31 Å². The smallest absolute Gasteiger partial charge is 0.264 e. The second-order valence-electron chi connectivity index (χ2n) is 8.59. The van der Waals surface area contributed by atoms with Crippen LogP contribution in [0, 0.1) is 5.82 Å². The maximum atomic E-state index is 13.7. The lowest BCUT2D eigenvalue weighted by Crippen LogP contribution is -2.42. The van der Waals surface area contributed by atoms with E-state index in [0.717, 1.165) is 16.5 Å². The van der Waals surface area contributed by atoms with Crippen LogP contribution in [-0.4, -0.2) is 19.6 Å². The Bertz CT molecular complexity index is 1520. The Kier molecular flexibility index (Phi) is 6.17. The number of aryl methyl sites for hydroxylation is 1. The van der Waals surface area contributed by atoms with Crippen LogP contribution in [0.5, 0.6) is 0 Å². The quantitative estimate of drug-likeness (QED) is 0.318. The molecule has 1 aliphatic heterocycles. The minimum absolute atomic E-state index is 0.167. The van der Waals surface area contributed by atoms with Gasteiger partial charge in [-0.25, -0.2) is 12.8 Å². The summed E-state index contributed by atoms with van der Waals surface area (Å²) in [6, 6.07) is 24.5. The molecule has 1 heterocycles. The molecule has 0 spiro atoms. The van der Waals surface area contributed by atoms with Gasteiger partial charge < -0.3 is 10.6 Å². The van der Waals surface area contributed by atoms with Gasteiger partial charge in [0.05, 0.1) is 10.6 Å². The van der Waals surface area contributed by atoms with Gasteiger partial charge in [-0.05, 0) is 91.5 Å². The first-order valence-corrected chi connectivity index (χ1v) is 13.2. The van der Waals surface area contributed by atoms with Crippen molar-refractivity contribution in [3.63, 3.8) is 0 Å². The Morgan fingerprint density at radius 3 is 2.51 bits per heavy atom. The Balaban J connectivity index is 1.35. The average Bonchev–Trinajstić information content (AvgIpc) is 2.84. The molecule has 4 aromatic rings. The van der Waals surface area contributed by atoms with Gasteiger partial charge in [0.15, 0.2) is 5.11 Å². The van der Waals surface area contributed by atoms with E-state index in [-0.39, 0.29) is 16.8 Å². The fourth-order valence-corrected chi connectivity index (χ4v) is 6.45. The SMILES string of the molecule is CC1CCc2cc(F)ccc2N1S(=O)(=O)c1ccc(NC(=S)Nc2cccc3ccccc23)cc1. The van der Waals surface area contributed by atoms with Gasteiger partial charge in [-0.1, -0.05) is 36.4 Å². The molecule has 5 nitrogen and oxygen atoms in total. The Labute approximate surface area is 209 Å². The van der Waals surface area contributed by atoms with Gasteiger partial charge in [0, 0.05) is 22.8 Å². The highest BCUT2D eigenvalue weighted by Crippen LogP contribution is 2.36. The molecular formula is C27H24FN3O2S2. The van der Waals surface area contributed by atoms with Gasteiger partial charge in [0.2, 0.25) is 0 Å². The summed E-state index contributed by atoms with van der Waals surface area (Å²) >= 11 is 5.48. The standard InChI is InChI=1S/C27H24FN3O2S2/c1-18-9-10-20-17-21(28)11-16-26(20)31(18)35(32,33)23-14-12-22(13-15-23)29-27(34)30-25-8-4-6-19-5-2-3-7-24(19)25/h2-8,11-18H,9-10H2,1H3,(H2,29,30,34). The first-order valence-electron chi connectivity index (χ1n) is 11.3. The van der Waals surface area contributed by atoms with Crippen molar-refractivity contribution in [3.8, 4) is 0 Å². The summed E-state index contributed by atoms with van der Waals surface area (Å²) in [6.07, 6.45) is 1.27. The largest absolute Gasteiger partial charge is 0.332 e. The van der Waals surface area contributed by atoms with E-state index in [4.69, 9.17) is 12.2 Å². The number of nitrogens with one attached hydrogen (secondary N) is 2. The minimum atomic E-state index is -3.82. The normalized spacial score (nSPS) is 15.5. The van der Waals surface area contributed by atoms with E-state index >= 15 is 0 Å². The molecule has 1 unspecified atom stereocenters. The molecule has 0 aliphatic carbocycles. The molecule has 0 aromatic heterocycles.